The first kappa shape index (κ1) is 27.4. The van der Waals surface area contributed by atoms with Crippen LogP contribution in [0.3, 0.4) is 0 Å². The lowest BCUT2D eigenvalue weighted by molar-refractivity contribution is -0.201. The third-order valence-electron chi connectivity index (χ3n) is 8.98. The van der Waals surface area contributed by atoms with Gasteiger partial charge in [-0.15, -0.1) is 0 Å². The quantitative estimate of drug-likeness (QED) is 0.482. The predicted molar refractivity (Wildman–Crippen MR) is 135 cm³/mol. The second-order valence-corrected chi connectivity index (χ2v) is 13.9. The second-order valence-electron chi connectivity index (χ2n) is 13.9. The molecule has 3 fully saturated rings. The fourth-order valence-electron chi connectivity index (χ4n) is 7.57. The summed E-state index contributed by atoms with van der Waals surface area (Å²) in [5.74, 6) is -0.843. The van der Waals surface area contributed by atoms with E-state index in [1.165, 1.54) is 0 Å². The van der Waals surface area contributed by atoms with Crippen LogP contribution >= 0.6 is 0 Å². The van der Waals surface area contributed by atoms with E-state index in [9.17, 15) is 19.8 Å². The average molecular weight is 479 g/mol. The lowest BCUT2D eigenvalue weighted by Crippen LogP contribution is -2.73. The third-order valence-corrected chi connectivity index (χ3v) is 8.98. The third kappa shape index (κ3) is 4.91. The molecule has 0 aromatic carbocycles. The zero-order valence-electron chi connectivity index (χ0n) is 22.6. The van der Waals surface area contributed by atoms with E-state index in [4.69, 9.17) is 5.73 Å². The largest absolute Gasteiger partial charge is 0.388 e. The fraction of sp³-hybridized carbons (Fsp3) is 0.929. The summed E-state index contributed by atoms with van der Waals surface area (Å²) in [4.78, 5) is 29.2. The Balaban J connectivity index is 2.25. The normalized spacial score (nSPS) is 26.1. The molecule has 3 aliphatic carbocycles. The highest BCUT2D eigenvalue weighted by Gasteiger charge is 2.62. The average Bonchev–Trinajstić information content (AvgIpc) is 2.64. The zero-order chi connectivity index (χ0) is 25.6. The highest BCUT2D eigenvalue weighted by Crippen LogP contribution is 2.52. The smallest absolute Gasteiger partial charge is 0.238 e. The van der Waals surface area contributed by atoms with Crippen molar-refractivity contribution in [3.63, 3.8) is 0 Å². The number of hydrogen-bond acceptors (Lipinski definition) is 4. The van der Waals surface area contributed by atoms with E-state index >= 15 is 0 Å². The molecular weight excluding hydrogens is 428 g/mol. The van der Waals surface area contributed by atoms with Gasteiger partial charge in [0.05, 0.1) is 23.3 Å². The van der Waals surface area contributed by atoms with Gasteiger partial charge in [-0.1, -0.05) is 86.5 Å². The standard InChI is InChI=1S/C28H50N2O4/c1-24(2,3)20(27(33)16-9-7-10-17-27)30(23(32)26(22(29)31)14-13-15-26)21(25(4,5)6)28(34)18-11-8-12-19-28/h20-21,33-34H,7-19H2,1-6H3,(H2,29,31). The molecule has 2 unspecified atom stereocenters. The van der Waals surface area contributed by atoms with Gasteiger partial charge in [0.1, 0.15) is 5.41 Å². The minimum Gasteiger partial charge on any atom is -0.388 e. The van der Waals surface area contributed by atoms with Gasteiger partial charge in [-0.25, -0.2) is 0 Å². The number of carbonyl (C=O) groups excluding carboxylic acids is 2. The lowest BCUT2D eigenvalue weighted by atomic mass is 9.61. The molecular formula is C28H50N2O4. The van der Waals surface area contributed by atoms with Crippen molar-refractivity contribution in [1.82, 2.24) is 4.90 Å². The number of rotatable bonds is 6. The molecule has 0 bridgehead atoms. The van der Waals surface area contributed by atoms with Crippen LogP contribution in [0.15, 0.2) is 0 Å². The summed E-state index contributed by atoms with van der Waals surface area (Å²) < 4.78 is 0. The van der Waals surface area contributed by atoms with Crippen LogP contribution in [0.25, 0.3) is 0 Å². The van der Waals surface area contributed by atoms with Crippen LogP contribution in [-0.2, 0) is 9.59 Å². The number of nitrogens with two attached hydrogens (primary N) is 1. The van der Waals surface area contributed by atoms with Gasteiger partial charge in [0.2, 0.25) is 11.8 Å². The molecule has 3 aliphatic rings. The SMILES string of the molecule is CC(C)(C)C(N(C(=O)C1(C(N)=O)CCC1)C(C(C)(C)C)C1(O)CCCCC1)C1(O)CCCCC1. The lowest BCUT2D eigenvalue weighted by Gasteiger charge is -2.61. The molecule has 0 aliphatic heterocycles. The Hall–Kier alpha value is -1.14. The van der Waals surface area contributed by atoms with E-state index in [2.05, 4.69) is 41.5 Å². The fourth-order valence-corrected chi connectivity index (χ4v) is 7.57. The van der Waals surface area contributed by atoms with Crippen LogP contribution < -0.4 is 5.73 Å². The maximum Gasteiger partial charge on any atom is 0.238 e. The van der Waals surface area contributed by atoms with Crippen molar-refractivity contribution >= 4 is 11.8 Å². The van der Waals surface area contributed by atoms with Gasteiger partial charge in [-0.05, 0) is 49.4 Å². The predicted octanol–water partition coefficient (Wildman–Crippen LogP) is 4.69. The molecule has 3 saturated carbocycles. The van der Waals surface area contributed by atoms with Crippen LogP contribution in [0.5, 0.6) is 0 Å². The summed E-state index contributed by atoms with van der Waals surface area (Å²) in [5, 5.41) is 24.4. The van der Waals surface area contributed by atoms with Crippen molar-refractivity contribution in [3.8, 4) is 0 Å². The van der Waals surface area contributed by atoms with Gasteiger partial charge in [0, 0.05) is 0 Å². The summed E-state index contributed by atoms with van der Waals surface area (Å²) in [5.41, 5.74) is 1.62. The molecule has 0 aromatic heterocycles. The van der Waals surface area contributed by atoms with E-state index in [1.54, 1.807) is 0 Å². The summed E-state index contributed by atoms with van der Waals surface area (Å²) >= 11 is 0. The van der Waals surface area contributed by atoms with E-state index in [0.717, 1.165) is 44.9 Å². The van der Waals surface area contributed by atoms with Crippen LogP contribution in [0.4, 0.5) is 0 Å². The number of primary amides is 1. The van der Waals surface area contributed by atoms with Gasteiger partial charge < -0.3 is 20.8 Å². The van der Waals surface area contributed by atoms with Crippen LogP contribution in [-0.4, -0.2) is 50.2 Å². The zero-order valence-corrected chi connectivity index (χ0v) is 22.6. The van der Waals surface area contributed by atoms with E-state index in [-0.39, 0.29) is 5.91 Å². The van der Waals surface area contributed by atoms with Crippen molar-refractivity contribution in [2.24, 2.45) is 22.0 Å². The molecule has 2 atom stereocenters. The van der Waals surface area contributed by atoms with E-state index < -0.39 is 45.4 Å². The van der Waals surface area contributed by atoms with Gasteiger partial charge >= 0.3 is 0 Å². The Morgan fingerprint density at radius 3 is 1.26 bits per heavy atom. The number of aliphatic hydroxyl groups is 2. The van der Waals surface area contributed by atoms with E-state index in [0.29, 0.717) is 38.5 Å². The molecule has 0 heterocycles. The van der Waals surface area contributed by atoms with Gasteiger partial charge in [0.25, 0.3) is 0 Å². The molecule has 0 aromatic rings. The van der Waals surface area contributed by atoms with Gasteiger partial charge in [-0.2, -0.15) is 0 Å². The topological polar surface area (TPSA) is 104 Å². The molecule has 6 heteroatoms. The Morgan fingerprint density at radius 1 is 0.676 bits per heavy atom. The summed E-state index contributed by atoms with van der Waals surface area (Å²) in [6.45, 7) is 12.5. The number of carbonyl (C=O) groups is 2. The highest BCUT2D eigenvalue weighted by atomic mass is 16.3. The molecule has 196 valence electrons. The van der Waals surface area contributed by atoms with Crippen LogP contribution in [0, 0.1) is 16.2 Å². The van der Waals surface area contributed by atoms with Gasteiger partial charge in [0.15, 0.2) is 0 Å². The Labute approximate surface area is 207 Å². The summed E-state index contributed by atoms with van der Waals surface area (Å²) in [6.07, 6.45) is 9.97. The molecule has 0 saturated heterocycles. The molecule has 2 amide bonds. The maximum absolute atomic E-state index is 14.6. The van der Waals surface area contributed by atoms with Crippen LogP contribution in [0.2, 0.25) is 0 Å². The Kier molecular flexibility index (Phi) is 7.58. The Morgan fingerprint density at radius 2 is 1.03 bits per heavy atom. The second kappa shape index (κ2) is 9.38. The molecule has 4 N–H and O–H groups in total. The number of amides is 2. The van der Waals surface area contributed by atoms with Gasteiger partial charge in [-0.3, -0.25) is 9.59 Å². The highest BCUT2D eigenvalue weighted by molar-refractivity contribution is 6.05. The van der Waals surface area contributed by atoms with Crippen LogP contribution in [0.1, 0.15) is 125 Å². The number of nitrogens with zero attached hydrogens (tertiary/aromatic N) is 1. The maximum atomic E-state index is 14.6. The molecule has 0 spiro atoms. The summed E-state index contributed by atoms with van der Waals surface area (Å²) in [6, 6.07) is -1.06. The minimum atomic E-state index is -1.23. The first-order valence-electron chi connectivity index (χ1n) is 13.7. The van der Waals surface area contributed by atoms with Crippen molar-refractivity contribution in [3.05, 3.63) is 0 Å². The van der Waals surface area contributed by atoms with Crippen molar-refractivity contribution in [2.45, 2.75) is 148 Å². The number of hydrogen-bond donors (Lipinski definition) is 3. The molecule has 34 heavy (non-hydrogen) atoms. The molecule has 0 radical (unpaired) electrons. The van der Waals surface area contributed by atoms with Crippen molar-refractivity contribution in [1.29, 1.82) is 0 Å². The Bertz CT molecular complexity index is 705. The monoisotopic (exact) mass is 478 g/mol. The molecule has 3 rings (SSSR count). The minimum absolute atomic E-state index is 0.274. The first-order chi connectivity index (χ1) is 15.6. The van der Waals surface area contributed by atoms with E-state index in [1.807, 2.05) is 4.90 Å². The van der Waals surface area contributed by atoms with Crippen molar-refractivity contribution < 1.29 is 19.8 Å². The molecule has 6 nitrogen and oxygen atoms in total. The van der Waals surface area contributed by atoms with Crippen molar-refractivity contribution in [2.75, 3.05) is 0 Å². The first-order valence-corrected chi connectivity index (χ1v) is 13.7. The summed E-state index contributed by atoms with van der Waals surface area (Å²) in [7, 11) is 0.